The van der Waals surface area contributed by atoms with Crippen molar-refractivity contribution in [2.24, 2.45) is 7.05 Å². The molecule has 2 aromatic rings. The van der Waals surface area contributed by atoms with Crippen LogP contribution in [0.3, 0.4) is 0 Å². The minimum atomic E-state index is 0.262. The molecule has 0 saturated heterocycles. The highest BCUT2D eigenvalue weighted by molar-refractivity contribution is 7.10. The average Bonchev–Trinajstić information content (AvgIpc) is 2.84. The van der Waals surface area contributed by atoms with E-state index in [1.807, 2.05) is 17.9 Å². The molecule has 0 aliphatic rings. The number of thiophene rings is 1. The zero-order valence-corrected chi connectivity index (χ0v) is 10.7. The molecule has 0 radical (unpaired) electrons. The maximum Gasteiger partial charge on any atom is 0.0844 e. The van der Waals surface area contributed by atoms with Crippen LogP contribution in [0.5, 0.6) is 0 Å². The topological polar surface area (TPSA) is 29.9 Å². The molecule has 4 heteroatoms. The zero-order chi connectivity index (χ0) is 11.5. The van der Waals surface area contributed by atoms with Crippen molar-refractivity contribution < 1.29 is 0 Å². The summed E-state index contributed by atoms with van der Waals surface area (Å²) in [7, 11) is 1.99. The molecule has 2 heterocycles. The molecule has 86 valence electrons. The number of hydrogen-bond acceptors (Lipinski definition) is 3. The molecule has 0 amide bonds. The van der Waals surface area contributed by atoms with Crippen molar-refractivity contribution in [3.8, 4) is 0 Å². The second kappa shape index (κ2) is 4.80. The molecule has 2 rings (SSSR count). The van der Waals surface area contributed by atoms with E-state index in [2.05, 4.69) is 41.8 Å². The highest BCUT2D eigenvalue weighted by atomic mass is 32.1. The van der Waals surface area contributed by atoms with Gasteiger partial charge in [0.25, 0.3) is 0 Å². The molecule has 0 spiro atoms. The van der Waals surface area contributed by atoms with Gasteiger partial charge in [-0.3, -0.25) is 4.68 Å². The first-order valence-electron chi connectivity index (χ1n) is 5.49. The predicted octanol–water partition coefficient (Wildman–Crippen LogP) is 2.49. The molecule has 3 nitrogen and oxygen atoms in total. The molecule has 0 fully saturated rings. The quantitative estimate of drug-likeness (QED) is 0.882. The van der Waals surface area contributed by atoms with E-state index >= 15 is 0 Å². The summed E-state index contributed by atoms with van der Waals surface area (Å²) < 4.78 is 1.94. The third-order valence-corrected chi connectivity index (χ3v) is 3.81. The molecule has 0 bridgehead atoms. The fourth-order valence-electron chi connectivity index (χ4n) is 1.88. The Kier molecular flexibility index (Phi) is 3.41. The highest BCUT2D eigenvalue weighted by Crippen LogP contribution is 2.28. The maximum atomic E-state index is 4.24. The maximum absolute atomic E-state index is 4.24. The Balaban J connectivity index is 2.39. The molecule has 0 saturated carbocycles. The van der Waals surface area contributed by atoms with Gasteiger partial charge in [0.2, 0.25) is 0 Å². The number of nitrogens with zero attached hydrogens (tertiary/aromatic N) is 2. The largest absolute Gasteiger partial charge is 0.305 e. The van der Waals surface area contributed by atoms with Crippen LogP contribution >= 0.6 is 11.3 Å². The molecular weight excluding hydrogens is 218 g/mol. The average molecular weight is 235 g/mol. The van der Waals surface area contributed by atoms with Gasteiger partial charge in [0, 0.05) is 18.1 Å². The van der Waals surface area contributed by atoms with Gasteiger partial charge in [-0.25, -0.2) is 0 Å². The van der Waals surface area contributed by atoms with Crippen LogP contribution in [0.4, 0.5) is 0 Å². The van der Waals surface area contributed by atoms with Crippen LogP contribution in [0.15, 0.2) is 23.7 Å². The van der Waals surface area contributed by atoms with Gasteiger partial charge in [-0.05, 0) is 36.5 Å². The lowest BCUT2D eigenvalue weighted by Gasteiger charge is -2.17. The number of hydrogen-bond donors (Lipinski definition) is 1. The Bertz CT molecular complexity index is 418. The fraction of sp³-hybridized carbons (Fsp3) is 0.417. The summed E-state index contributed by atoms with van der Waals surface area (Å²) in [6, 6.07) is 4.50. The minimum absolute atomic E-state index is 0.262. The lowest BCUT2D eigenvalue weighted by atomic mass is 10.1. The van der Waals surface area contributed by atoms with Crippen molar-refractivity contribution in [2.45, 2.75) is 19.9 Å². The van der Waals surface area contributed by atoms with Gasteiger partial charge in [0.05, 0.1) is 11.7 Å². The molecular formula is C12H17N3S. The van der Waals surface area contributed by atoms with Crippen molar-refractivity contribution >= 4 is 11.3 Å². The van der Waals surface area contributed by atoms with E-state index in [-0.39, 0.29) is 6.04 Å². The molecule has 1 atom stereocenters. The van der Waals surface area contributed by atoms with Crippen LogP contribution in [0.2, 0.25) is 0 Å². The monoisotopic (exact) mass is 235 g/mol. The molecule has 1 unspecified atom stereocenters. The van der Waals surface area contributed by atoms with Gasteiger partial charge in [-0.15, -0.1) is 11.3 Å². The van der Waals surface area contributed by atoms with Gasteiger partial charge in [-0.1, -0.05) is 6.92 Å². The van der Waals surface area contributed by atoms with Crippen molar-refractivity contribution in [2.75, 3.05) is 6.54 Å². The van der Waals surface area contributed by atoms with Crippen LogP contribution in [0.25, 0.3) is 0 Å². The number of nitrogens with one attached hydrogen (secondary N) is 1. The Morgan fingerprint density at radius 1 is 1.50 bits per heavy atom. The summed E-state index contributed by atoms with van der Waals surface area (Å²) in [5.41, 5.74) is 2.56. The normalized spacial score (nSPS) is 12.9. The Labute approximate surface area is 100 Å². The summed E-state index contributed by atoms with van der Waals surface area (Å²) in [5.74, 6) is 0. The van der Waals surface area contributed by atoms with Crippen LogP contribution in [0, 0.1) is 6.92 Å². The first-order chi connectivity index (χ1) is 7.74. The van der Waals surface area contributed by atoms with Crippen molar-refractivity contribution in [3.05, 3.63) is 39.8 Å². The van der Waals surface area contributed by atoms with E-state index in [0.717, 1.165) is 6.54 Å². The van der Waals surface area contributed by atoms with Crippen LogP contribution in [-0.4, -0.2) is 16.3 Å². The summed E-state index contributed by atoms with van der Waals surface area (Å²) in [6.07, 6.45) is 1.85. The Morgan fingerprint density at radius 2 is 2.31 bits per heavy atom. The third kappa shape index (κ3) is 2.03. The number of rotatable bonds is 4. The predicted molar refractivity (Wildman–Crippen MR) is 67.8 cm³/mol. The van der Waals surface area contributed by atoms with Gasteiger partial charge in [-0.2, -0.15) is 5.10 Å². The van der Waals surface area contributed by atoms with E-state index in [1.165, 1.54) is 16.1 Å². The fourth-order valence-corrected chi connectivity index (χ4v) is 2.90. The summed E-state index contributed by atoms with van der Waals surface area (Å²) in [5, 5.41) is 9.90. The van der Waals surface area contributed by atoms with Crippen LogP contribution < -0.4 is 5.32 Å². The lowest BCUT2D eigenvalue weighted by Crippen LogP contribution is -2.24. The van der Waals surface area contributed by atoms with E-state index in [4.69, 9.17) is 0 Å². The van der Waals surface area contributed by atoms with Gasteiger partial charge in [0.1, 0.15) is 0 Å². The number of aryl methyl sites for hydroxylation is 2. The zero-order valence-electron chi connectivity index (χ0n) is 9.90. The SMILES string of the molecule is CCNC(c1sccc1C)c1ccnn1C. The van der Waals surface area contributed by atoms with E-state index in [9.17, 15) is 0 Å². The highest BCUT2D eigenvalue weighted by Gasteiger charge is 2.18. The smallest absolute Gasteiger partial charge is 0.0844 e. The van der Waals surface area contributed by atoms with Gasteiger partial charge >= 0.3 is 0 Å². The van der Waals surface area contributed by atoms with Crippen molar-refractivity contribution in [1.82, 2.24) is 15.1 Å². The van der Waals surface area contributed by atoms with E-state index < -0.39 is 0 Å². The molecule has 0 aromatic carbocycles. The van der Waals surface area contributed by atoms with E-state index in [0.29, 0.717) is 0 Å². The molecule has 2 aromatic heterocycles. The summed E-state index contributed by atoms with van der Waals surface area (Å²) in [6.45, 7) is 5.24. The first-order valence-corrected chi connectivity index (χ1v) is 6.37. The molecule has 16 heavy (non-hydrogen) atoms. The number of aromatic nitrogens is 2. The van der Waals surface area contributed by atoms with Gasteiger partial charge in [0.15, 0.2) is 0 Å². The van der Waals surface area contributed by atoms with Crippen molar-refractivity contribution in [3.63, 3.8) is 0 Å². The van der Waals surface area contributed by atoms with Crippen LogP contribution in [-0.2, 0) is 7.05 Å². The second-order valence-electron chi connectivity index (χ2n) is 3.84. The van der Waals surface area contributed by atoms with Crippen molar-refractivity contribution in [1.29, 1.82) is 0 Å². The second-order valence-corrected chi connectivity index (χ2v) is 4.79. The standard InChI is InChI=1S/C12H17N3S/c1-4-13-11(10-5-7-14-15(10)3)12-9(2)6-8-16-12/h5-8,11,13H,4H2,1-3H3. The minimum Gasteiger partial charge on any atom is -0.305 e. The summed E-state index contributed by atoms with van der Waals surface area (Å²) in [4.78, 5) is 1.38. The first kappa shape index (κ1) is 11.4. The molecule has 0 aliphatic carbocycles. The summed E-state index contributed by atoms with van der Waals surface area (Å²) >= 11 is 1.80. The third-order valence-electron chi connectivity index (χ3n) is 2.73. The van der Waals surface area contributed by atoms with Gasteiger partial charge < -0.3 is 5.32 Å². The van der Waals surface area contributed by atoms with Crippen LogP contribution in [0.1, 0.15) is 29.1 Å². The molecule has 1 N–H and O–H groups in total. The lowest BCUT2D eigenvalue weighted by molar-refractivity contribution is 0.577. The van der Waals surface area contributed by atoms with E-state index in [1.54, 1.807) is 11.3 Å². The Morgan fingerprint density at radius 3 is 2.81 bits per heavy atom. The molecule has 0 aliphatic heterocycles. The Hall–Kier alpha value is -1.13.